The summed E-state index contributed by atoms with van der Waals surface area (Å²) in [6.07, 6.45) is 7.82. The van der Waals surface area contributed by atoms with E-state index in [1.54, 1.807) is 13.8 Å². The molecule has 578 valence electrons. The van der Waals surface area contributed by atoms with Crippen LogP contribution in [0.1, 0.15) is 207 Å². The van der Waals surface area contributed by atoms with Crippen LogP contribution in [0.2, 0.25) is 0 Å². The second-order valence-corrected chi connectivity index (χ2v) is 27.7. The third-order valence-electron chi connectivity index (χ3n) is 18.5. The van der Waals surface area contributed by atoms with E-state index in [4.69, 9.17) is 16.2 Å². The molecule has 2 aromatic carbocycles. The molecule has 0 aromatic heterocycles. The second kappa shape index (κ2) is 45.8. The number of ether oxygens (including phenoxy) is 1. The molecule has 12 atom stereocenters. The molecular weight excluding hydrogens is 1350 g/mol. The number of benzene rings is 2. The van der Waals surface area contributed by atoms with Crippen LogP contribution in [0.3, 0.4) is 0 Å². The number of phenols is 1. The SMILES string of the molecule is CC[C@H](C)[C@H]1NC(=O)[C@@H](Cc2ccc(O)cc2)NC(=O)[C@@H](CCC(N)=O)NC(=O)[C@H]2CCCN2C(=O)[C@@H](C)NC(=O)[C@H](CCC(=O)O)NC(=O)[C@@H]([C@@H](C)O)NC(=O)[C@@H](NC(=O)[C@H](CCCN)NC(=O)[C@@H](CCC(=O)O)NC(=O)CCCCCCCCCCCCCC(C)C)Cc2ccc(cc2)OC1=O. The van der Waals surface area contributed by atoms with Gasteiger partial charge >= 0.3 is 17.9 Å². The lowest BCUT2D eigenvalue weighted by atomic mass is 9.97. The molecule has 3 heterocycles. The van der Waals surface area contributed by atoms with Crippen LogP contribution in [-0.4, -0.2) is 188 Å². The molecule has 11 amide bonds. The molecule has 0 spiro atoms. The molecule has 2 aromatic rings. The molecule has 3 aliphatic rings. The third-order valence-corrected chi connectivity index (χ3v) is 18.5. The lowest BCUT2D eigenvalue weighted by Crippen LogP contribution is -2.62. The molecule has 0 radical (unpaired) electrons. The zero-order valence-corrected chi connectivity index (χ0v) is 60.9. The van der Waals surface area contributed by atoms with Gasteiger partial charge in [0.25, 0.3) is 0 Å². The van der Waals surface area contributed by atoms with Crippen molar-refractivity contribution < 1.29 is 92.3 Å². The normalized spacial score (nSPS) is 21.7. The monoisotopic (exact) mass is 1460 g/mol. The van der Waals surface area contributed by atoms with E-state index >= 15 is 0 Å². The summed E-state index contributed by atoms with van der Waals surface area (Å²) in [5.74, 6) is -14.1. The molecule has 3 aliphatic heterocycles. The van der Waals surface area contributed by atoms with Gasteiger partial charge in [0, 0.05) is 45.1 Å². The fourth-order valence-corrected chi connectivity index (χ4v) is 12.2. The minimum absolute atomic E-state index is 0.00711. The fraction of sp³-hybridized carbons (Fsp3) is 0.644. The van der Waals surface area contributed by atoms with Crippen LogP contribution in [0.4, 0.5) is 0 Å². The maximum absolute atomic E-state index is 14.8. The quantitative estimate of drug-likeness (QED) is 0.0201. The molecular formula is C73H112N12O19. The maximum atomic E-state index is 14.8. The number of carboxylic acids is 2. The van der Waals surface area contributed by atoms with Gasteiger partial charge in [-0.05, 0) is 119 Å². The van der Waals surface area contributed by atoms with Crippen molar-refractivity contribution in [1.29, 1.82) is 0 Å². The molecule has 1 fully saturated rings. The van der Waals surface area contributed by atoms with Crippen molar-refractivity contribution in [1.82, 2.24) is 52.8 Å². The Morgan fingerprint density at radius 2 is 1.14 bits per heavy atom. The number of esters is 1. The first kappa shape index (κ1) is 87.1. The number of nitrogens with two attached hydrogens (primary N) is 2. The number of amides is 11. The van der Waals surface area contributed by atoms with Crippen LogP contribution in [0.15, 0.2) is 48.5 Å². The van der Waals surface area contributed by atoms with Crippen molar-refractivity contribution in [2.75, 3.05) is 13.1 Å². The first-order valence-electron chi connectivity index (χ1n) is 36.6. The van der Waals surface area contributed by atoms with Crippen LogP contribution in [-0.2, 0) is 80.0 Å². The highest BCUT2D eigenvalue weighted by atomic mass is 16.5. The van der Waals surface area contributed by atoms with Gasteiger partial charge in [-0.25, -0.2) is 4.79 Å². The van der Waals surface area contributed by atoms with Gasteiger partial charge in [-0.3, -0.25) is 62.3 Å². The summed E-state index contributed by atoms with van der Waals surface area (Å²) in [5, 5.41) is 63.6. The zero-order chi connectivity index (χ0) is 77.0. The number of carboxylic acid groups (broad SMARTS) is 2. The fourth-order valence-electron chi connectivity index (χ4n) is 12.2. The predicted octanol–water partition coefficient (Wildman–Crippen LogP) is 2.36. The van der Waals surface area contributed by atoms with Crippen LogP contribution in [0, 0.1) is 11.8 Å². The van der Waals surface area contributed by atoms with Crippen molar-refractivity contribution in [3.63, 3.8) is 0 Å². The summed E-state index contributed by atoms with van der Waals surface area (Å²) in [6, 6.07) is -4.50. The number of phenolic OH excluding ortho intramolecular Hbond substituents is 1. The van der Waals surface area contributed by atoms with Gasteiger partial charge in [-0.1, -0.05) is 129 Å². The van der Waals surface area contributed by atoms with Crippen molar-refractivity contribution in [3.8, 4) is 11.5 Å². The summed E-state index contributed by atoms with van der Waals surface area (Å²) in [4.78, 5) is 194. The first-order valence-corrected chi connectivity index (χ1v) is 36.6. The van der Waals surface area contributed by atoms with Crippen molar-refractivity contribution in [3.05, 3.63) is 59.7 Å². The molecule has 31 heteroatoms. The summed E-state index contributed by atoms with van der Waals surface area (Å²) in [6.45, 7) is 10.2. The summed E-state index contributed by atoms with van der Waals surface area (Å²) in [7, 11) is 0. The molecule has 0 unspecified atom stereocenters. The smallest absolute Gasteiger partial charge is 0.334 e. The number of aliphatic hydroxyl groups is 1. The molecule has 2 bridgehead atoms. The highest BCUT2D eigenvalue weighted by Crippen LogP contribution is 2.23. The Hall–Kier alpha value is -9.26. The minimum atomic E-state index is -1.96. The van der Waals surface area contributed by atoms with Crippen LogP contribution in [0.25, 0.3) is 0 Å². The number of carbonyl (C=O) groups is 14. The Labute approximate surface area is 608 Å². The Morgan fingerprint density at radius 1 is 0.596 bits per heavy atom. The summed E-state index contributed by atoms with van der Waals surface area (Å²) >= 11 is 0. The lowest BCUT2D eigenvalue weighted by Gasteiger charge is -2.30. The number of aliphatic hydroxyl groups excluding tert-OH is 1. The molecule has 5 rings (SSSR count). The van der Waals surface area contributed by atoms with Crippen molar-refractivity contribution >= 4 is 82.9 Å². The van der Waals surface area contributed by atoms with Crippen LogP contribution in [0.5, 0.6) is 11.5 Å². The van der Waals surface area contributed by atoms with Gasteiger partial charge in [0.1, 0.15) is 71.9 Å². The molecule has 104 heavy (non-hydrogen) atoms. The molecule has 1 saturated heterocycles. The van der Waals surface area contributed by atoms with Crippen molar-refractivity contribution in [2.45, 2.75) is 275 Å². The van der Waals surface area contributed by atoms with E-state index in [0.717, 1.165) is 43.9 Å². The topological polar surface area (TPSA) is 493 Å². The Balaban J connectivity index is 1.73. The average Bonchev–Trinajstić information content (AvgIpc) is 1.71. The van der Waals surface area contributed by atoms with Gasteiger partial charge < -0.3 is 89.4 Å². The third kappa shape index (κ3) is 31.4. The van der Waals surface area contributed by atoms with E-state index in [1.165, 1.54) is 94.0 Å². The average molecular weight is 1460 g/mol. The molecule has 0 aliphatic carbocycles. The summed E-state index contributed by atoms with van der Waals surface area (Å²) in [5.41, 5.74) is 12.1. The highest BCUT2D eigenvalue weighted by molar-refractivity contribution is 5.99. The van der Waals surface area contributed by atoms with Crippen LogP contribution >= 0.6 is 0 Å². The van der Waals surface area contributed by atoms with Gasteiger partial charge in [0.15, 0.2) is 0 Å². The minimum Gasteiger partial charge on any atom is -0.508 e. The first-order chi connectivity index (χ1) is 49.4. The van der Waals surface area contributed by atoms with E-state index in [0.29, 0.717) is 24.3 Å². The highest BCUT2D eigenvalue weighted by Gasteiger charge is 2.41. The number of carbonyl (C=O) groups excluding carboxylic acids is 12. The van der Waals surface area contributed by atoms with Gasteiger partial charge in [0.05, 0.1) is 6.10 Å². The van der Waals surface area contributed by atoms with Crippen LogP contribution < -0.4 is 64.1 Å². The van der Waals surface area contributed by atoms with E-state index in [-0.39, 0.29) is 81.5 Å². The van der Waals surface area contributed by atoms with E-state index in [9.17, 15) is 87.5 Å². The number of aliphatic carboxylic acids is 2. The Kier molecular flexibility index (Phi) is 38.3. The molecule has 17 N–H and O–H groups in total. The second-order valence-electron chi connectivity index (χ2n) is 27.7. The number of fused-ring (bicyclic) bond motifs is 23. The van der Waals surface area contributed by atoms with E-state index in [1.807, 2.05) is 0 Å². The van der Waals surface area contributed by atoms with Gasteiger partial charge in [0.2, 0.25) is 65.0 Å². The van der Waals surface area contributed by atoms with Gasteiger partial charge in [-0.2, -0.15) is 0 Å². The number of nitrogens with one attached hydrogen (secondary N) is 9. The zero-order valence-electron chi connectivity index (χ0n) is 60.9. The molecule has 0 saturated carbocycles. The number of hydrogen-bond acceptors (Lipinski definition) is 18. The standard InChI is InChI=1S/C73H112N12O19/c1-7-44(4)62-73(103)104-50-31-27-48(28-32-50)42-56(81-65(95)51(22-19-39-74)78-66(96)52(34-37-60(90)91)77-59(89)24-18-16-14-12-10-8-9-11-13-15-17-21-43(2)3)69(99)84-63(46(6)86)71(101)80-54(35-38-61(92)93)64(94)76-45(5)72(102)85-40-20-23-57(85)70(100)79-53(33-36-58(75)88)67(97)82-55(68(98)83-62)41-47-25-29-49(87)30-26-47/h25-32,43-46,51-57,62-63,86-87H,7-24,33-42,74H2,1-6H3,(H2,75,88)(H,76,94)(H,77,89)(H,78,96)(H,79,100)(H,80,101)(H,81,95)(H,82,97)(H,83,98)(H,84,99)(H,90,91)(H,92,93)/t44-,45+,46+,51-,52+,53+,54-,55+,56-,57+,62+,63+/m0/s1. The number of rotatable bonds is 36. The number of aromatic hydroxyl groups is 1. The van der Waals surface area contributed by atoms with E-state index < -0.39 is 187 Å². The van der Waals surface area contributed by atoms with E-state index in [2.05, 4.69) is 61.7 Å². The molecule has 31 nitrogen and oxygen atoms in total. The largest absolute Gasteiger partial charge is 0.508 e. The maximum Gasteiger partial charge on any atom is 0.334 e. The van der Waals surface area contributed by atoms with Crippen molar-refractivity contribution in [2.24, 2.45) is 23.3 Å². The predicted molar refractivity (Wildman–Crippen MR) is 382 cm³/mol. The van der Waals surface area contributed by atoms with Gasteiger partial charge in [-0.15, -0.1) is 0 Å². The number of nitrogens with zero attached hydrogens (tertiary/aromatic N) is 1. The number of hydrogen-bond donors (Lipinski definition) is 15. The number of unbranched alkanes of at least 4 members (excludes halogenated alkanes) is 10. The summed E-state index contributed by atoms with van der Waals surface area (Å²) < 4.78 is 5.83. The Morgan fingerprint density at radius 3 is 1.72 bits per heavy atom. The number of primary amides is 1. The Bertz CT molecular complexity index is 3190. The lowest BCUT2D eigenvalue weighted by molar-refractivity contribution is -0.143.